The molecule has 6 nitrogen and oxygen atoms in total. The second kappa shape index (κ2) is 8.38. The summed E-state index contributed by atoms with van der Waals surface area (Å²) in [6, 6.07) is 11.4. The van der Waals surface area contributed by atoms with Gasteiger partial charge in [0.05, 0.1) is 29.6 Å². The Morgan fingerprint density at radius 2 is 1.83 bits per heavy atom. The summed E-state index contributed by atoms with van der Waals surface area (Å²) >= 11 is 0. The molecular formula is C24H29N3O3. The van der Waals surface area contributed by atoms with Crippen LogP contribution in [0.5, 0.6) is 5.75 Å². The molecule has 0 saturated heterocycles. The molecule has 2 aromatic rings. The van der Waals surface area contributed by atoms with Crippen molar-refractivity contribution in [1.29, 1.82) is 0 Å². The lowest BCUT2D eigenvalue weighted by molar-refractivity contribution is 0.0651. The lowest BCUT2D eigenvalue weighted by Gasteiger charge is -2.31. The average Bonchev–Trinajstić information content (AvgIpc) is 2.98. The van der Waals surface area contributed by atoms with E-state index in [4.69, 9.17) is 4.74 Å². The molecule has 4 rings (SSSR count). The Bertz CT molecular complexity index is 937. The third-order valence-electron chi connectivity index (χ3n) is 6.02. The molecule has 0 aliphatic carbocycles. The van der Waals surface area contributed by atoms with Crippen LogP contribution in [-0.2, 0) is 6.42 Å². The fourth-order valence-corrected chi connectivity index (χ4v) is 4.49. The van der Waals surface area contributed by atoms with Crippen LogP contribution in [0.4, 0.5) is 11.4 Å². The molecule has 0 radical (unpaired) electrons. The highest BCUT2D eigenvalue weighted by Gasteiger charge is 2.34. The molecule has 0 saturated carbocycles. The van der Waals surface area contributed by atoms with E-state index in [0.717, 1.165) is 43.7 Å². The molecule has 6 heteroatoms. The maximum atomic E-state index is 12.5. The molecule has 0 aromatic heterocycles. The van der Waals surface area contributed by atoms with Gasteiger partial charge in [0, 0.05) is 32.2 Å². The van der Waals surface area contributed by atoms with Crippen LogP contribution < -0.4 is 15.0 Å². The molecule has 2 aliphatic heterocycles. The number of nitrogens with zero attached hydrogens (tertiary/aromatic N) is 2. The number of benzene rings is 2. The highest BCUT2D eigenvalue weighted by Crippen LogP contribution is 2.38. The van der Waals surface area contributed by atoms with Gasteiger partial charge in [0.2, 0.25) is 0 Å². The third-order valence-corrected chi connectivity index (χ3v) is 6.02. The van der Waals surface area contributed by atoms with Gasteiger partial charge in [-0.25, -0.2) is 0 Å². The third kappa shape index (κ3) is 3.74. The van der Waals surface area contributed by atoms with E-state index in [1.165, 1.54) is 16.2 Å². The Morgan fingerprint density at radius 1 is 1.13 bits per heavy atom. The molecule has 1 atom stereocenters. The first-order chi connectivity index (χ1) is 14.5. The van der Waals surface area contributed by atoms with Crippen LogP contribution in [0.1, 0.15) is 52.5 Å². The first-order valence-corrected chi connectivity index (χ1v) is 10.6. The molecule has 2 aliphatic rings. The van der Waals surface area contributed by atoms with Crippen LogP contribution in [0.3, 0.4) is 0 Å². The number of imide groups is 1. The molecule has 2 aromatic carbocycles. The first kappa shape index (κ1) is 20.3. The fourth-order valence-electron chi connectivity index (χ4n) is 4.49. The predicted molar refractivity (Wildman–Crippen MR) is 119 cm³/mol. The first-order valence-electron chi connectivity index (χ1n) is 10.6. The Kier molecular flexibility index (Phi) is 5.66. The van der Waals surface area contributed by atoms with Crippen LogP contribution in [0, 0.1) is 0 Å². The van der Waals surface area contributed by atoms with E-state index >= 15 is 0 Å². The van der Waals surface area contributed by atoms with Gasteiger partial charge in [-0.3, -0.25) is 14.5 Å². The number of hydrogen-bond donors (Lipinski definition) is 1. The lowest BCUT2D eigenvalue weighted by Crippen LogP contribution is -2.31. The van der Waals surface area contributed by atoms with Gasteiger partial charge in [-0.1, -0.05) is 12.1 Å². The number of carbonyl (C=O) groups excluding carboxylic acids is 2. The van der Waals surface area contributed by atoms with Gasteiger partial charge >= 0.3 is 0 Å². The summed E-state index contributed by atoms with van der Waals surface area (Å²) in [5, 5.41) is 3.63. The molecule has 30 heavy (non-hydrogen) atoms. The van der Waals surface area contributed by atoms with E-state index < -0.39 is 0 Å². The molecule has 1 unspecified atom stereocenters. The van der Waals surface area contributed by atoms with Gasteiger partial charge in [0.25, 0.3) is 11.8 Å². The Labute approximate surface area is 177 Å². The van der Waals surface area contributed by atoms with E-state index in [-0.39, 0.29) is 17.9 Å². The fraction of sp³-hybridized carbons (Fsp3) is 0.417. The highest BCUT2D eigenvalue weighted by molar-refractivity contribution is 6.21. The zero-order valence-electron chi connectivity index (χ0n) is 17.9. The molecular weight excluding hydrogens is 378 g/mol. The van der Waals surface area contributed by atoms with Crippen molar-refractivity contribution >= 4 is 23.2 Å². The van der Waals surface area contributed by atoms with E-state index in [0.29, 0.717) is 17.7 Å². The normalized spacial score (nSPS) is 16.4. The van der Waals surface area contributed by atoms with Crippen LogP contribution in [0.25, 0.3) is 0 Å². The second-order valence-electron chi connectivity index (χ2n) is 8.20. The highest BCUT2D eigenvalue weighted by atomic mass is 16.5. The number of carbonyl (C=O) groups is 2. The van der Waals surface area contributed by atoms with Gasteiger partial charge in [-0.2, -0.15) is 0 Å². The van der Waals surface area contributed by atoms with Gasteiger partial charge in [-0.05, 0) is 56.4 Å². The minimum atomic E-state index is -0.181. The summed E-state index contributed by atoms with van der Waals surface area (Å²) in [6.45, 7) is 3.62. The minimum absolute atomic E-state index is 0.181. The number of fused-ring (bicyclic) bond motifs is 2. The smallest absolute Gasteiger partial charge is 0.261 e. The maximum Gasteiger partial charge on any atom is 0.261 e. The van der Waals surface area contributed by atoms with E-state index in [2.05, 4.69) is 36.3 Å². The van der Waals surface area contributed by atoms with Crippen molar-refractivity contribution < 1.29 is 14.3 Å². The topological polar surface area (TPSA) is 61.9 Å². The number of rotatable bonds is 7. The quantitative estimate of drug-likeness (QED) is 0.704. The van der Waals surface area contributed by atoms with Gasteiger partial charge in [0.1, 0.15) is 5.75 Å². The predicted octanol–water partition coefficient (Wildman–Crippen LogP) is 3.95. The minimum Gasteiger partial charge on any atom is -0.497 e. The monoisotopic (exact) mass is 407 g/mol. The molecule has 1 N–H and O–H groups in total. The summed E-state index contributed by atoms with van der Waals surface area (Å²) in [6.07, 6.45) is 3.80. The number of nitrogens with one attached hydrogen (secondary N) is 1. The van der Waals surface area contributed by atoms with Crippen LogP contribution >= 0.6 is 0 Å². The van der Waals surface area contributed by atoms with Crippen molar-refractivity contribution in [3.05, 3.63) is 53.1 Å². The molecule has 2 amide bonds. The van der Waals surface area contributed by atoms with E-state index in [1.54, 1.807) is 31.4 Å². The van der Waals surface area contributed by atoms with Crippen molar-refractivity contribution in [2.24, 2.45) is 0 Å². The zero-order chi connectivity index (χ0) is 21.3. The number of ether oxygens (including phenoxy) is 1. The van der Waals surface area contributed by atoms with Gasteiger partial charge in [-0.15, -0.1) is 0 Å². The summed E-state index contributed by atoms with van der Waals surface area (Å²) in [7, 11) is 3.83. The maximum absolute atomic E-state index is 12.5. The Balaban J connectivity index is 1.39. The van der Waals surface area contributed by atoms with Gasteiger partial charge in [0.15, 0.2) is 0 Å². The lowest BCUT2D eigenvalue weighted by atomic mass is 9.99. The molecule has 0 bridgehead atoms. The van der Waals surface area contributed by atoms with E-state index in [9.17, 15) is 9.59 Å². The molecule has 2 heterocycles. The van der Waals surface area contributed by atoms with Crippen molar-refractivity contribution in [2.75, 3.05) is 37.5 Å². The zero-order valence-corrected chi connectivity index (χ0v) is 17.9. The van der Waals surface area contributed by atoms with Crippen LogP contribution in [0.15, 0.2) is 36.4 Å². The van der Waals surface area contributed by atoms with Crippen molar-refractivity contribution in [3.8, 4) is 5.75 Å². The number of methoxy groups -OCH3 is 1. The summed E-state index contributed by atoms with van der Waals surface area (Å²) in [5.41, 5.74) is 4.66. The Hall–Kier alpha value is -3.02. The Morgan fingerprint density at radius 3 is 2.50 bits per heavy atom. The molecule has 0 fully saturated rings. The summed E-state index contributed by atoms with van der Waals surface area (Å²) in [5.74, 6) is 0.504. The number of aryl methyl sites for hydroxylation is 1. The van der Waals surface area contributed by atoms with Crippen molar-refractivity contribution in [1.82, 2.24) is 4.90 Å². The largest absolute Gasteiger partial charge is 0.497 e. The standard InChI is InChI=1S/C24H29N3O3/c1-16(8-6-13-27-23(28)19-10-4-5-11-20(19)24(27)29)25-21-15-18(30-3)14-17-9-7-12-26(2)22(17)21/h4-5,10-11,14-16,25H,6-9,12-13H2,1-3H3. The summed E-state index contributed by atoms with van der Waals surface area (Å²) in [4.78, 5) is 28.7. The SMILES string of the molecule is COc1cc2c(c(NC(C)CCCN3C(=O)c4ccccc4C3=O)c1)N(C)CCC2. The van der Waals surface area contributed by atoms with Crippen molar-refractivity contribution in [2.45, 2.75) is 38.6 Å². The number of anilines is 2. The van der Waals surface area contributed by atoms with Crippen molar-refractivity contribution in [3.63, 3.8) is 0 Å². The van der Waals surface area contributed by atoms with Crippen LogP contribution in [-0.4, -0.2) is 50.0 Å². The van der Waals surface area contributed by atoms with E-state index in [1.807, 2.05) is 0 Å². The van der Waals surface area contributed by atoms with Crippen LogP contribution in [0.2, 0.25) is 0 Å². The van der Waals surface area contributed by atoms with Gasteiger partial charge < -0.3 is 15.0 Å². The number of amides is 2. The summed E-state index contributed by atoms with van der Waals surface area (Å²) < 4.78 is 5.50. The molecule has 158 valence electrons. The number of hydrogen-bond acceptors (Lipinski definition) is 5. The second-order valence-corrected chi connectivity index (χ2v) is 8.20. The average molecular weight is 408 g/mol. The molecule has 0 spiro atoms.